The first-order chi connectivity index (χ1) is 8.17. The quantitative estimate of drug-likeness (QED) is 0.366. The normalized spacial score (nSPS) is 12.1. The average molecular weight is 256 g/mol. The second-order valence-corrected chi connectivity index (χ2v) is 4.99. The number of hydrogen-bond acceptors (Lipinski definition) is 1. The Balaban J connectivity index is 4.36. The molecule has 0 aromatic heterocycles. The molecule has 3 heteroatoms. The monoisotopic (exact) mass is 256 g/mol. The van der Waals surface area contributed by atoms with Crippen LogP contribution in [0.25, 0.3) is 0 Å². The number of rotatable bonds is 10. The summed E-state index contributed by atoms with van der Waals surface area (Å²) < 4.78 is 0. The molecule has 0 aromatic rings. The lowest BCUT2D eigenvalue weighted by Gasteiger charge is -2.31. The molecule has 0 saturated heterocycles. The van der Waals surface area contributed by atoms with Crippen LogP contribution in [0.4, 0.5) is 0 Å². The van der Waals surface area contributed by atoms with Gasteiger partial charge in [-0.15, -0.1) is 6.58 Å². The van der Waals surface area contributed by atoms with Gasteiger partial charge in [0.05, 0.1) is 0 Å². The van der Waals surface area contributed by atoms with Crippen molar-refractivity contribution in [2.75, 3.05) is 6.54 Å². The van der Waals surface area contributed by atoms with Crippen molar-refractivity contribution in [3.63, 3.8) is 0 Å². The second-order valence-electron chi connectivity index (χ2n) is 4.57. The van der Waals surface area contributed by atoms with E-state index in [1.54, 1.807) is 0 Å². The SMILES string of the molecule is C=CCN(C(N)=S)C(CCCC)CCCCC. The van der Waals surface area contributed by atoms with Crippen LogP contribution < -0.4 is 5.73 Å². The van der Waals surface area contributed by atoms with E-state index in [9.17, 15) is 0 Å². The smallest absolute Gasteiger partial charge is 0.166 e. The molecule has 0 bridgehead atoms. The highest BCUT2D eigenvalue weighted by atomic mass is 32.1. The summed E-state index contributed by atoms with van der Waals surface area (Å²) in [4.78, 5) is 2.13. The third kappa shape index (κ3) is 7.37. The molecule has 0 aliphatic rings. The van der Waals surface area contributed by atoms with E-state index < -0.39 is 0 Å². The highest BCUT2D eigenvalue weighted by Gasteiger charge is 2.17. The summed E-state index contributed by atoms with van der Waals surface area (Å²) in [5, 5.41) is 0.516. The summed E-state index contributed by atoms with van der Waals surface area (Å²) in [6, 6.07) is 0.497. The van der Waals surface area contributed by atoms with E-state index in [2.05, 4.69) is 25.3 Å². The lowest BCUT2D eigenvalue weighted by Crippen LogP contribution is -2.43. The van der Waals surface area contributed by atoms with Gasteiger partial charge in [-0.25, -0.2) is 0 Å². The first kappa shape index (κ1) is 16.4. The van der Waals surface area contributed by atoms with Gasteiger partial charge in [0.25, 0.3) is 0 Å². The zero-order chi connectivity index (χ0) is 13.1. The molecule has 0 spiro atoms. The first-order valence-corrected chi connectivity index (χ1v) is 7.25. The van der Waals surface area contributed by atoms with Crippen molar-refractivity contribution in [3.05, 3.63) is 12.7 Å². The fourth-order valence-electron chi connectivity index (χ4n) is 2.08. The highest BCUT2D eigenvalue weighted by molar-refractivity contribution is 7.80. The number of thiocarbonyl (C=S) groups is 1. The van der Waals surface area contributed by atoms with Crippen LogP contribution in [0.2, 0.25) is 0 Å². The van der Waals surface area contributed by atoms with Crippen LogP contribution in [-0.2, 0) is 0 Å². The van der Waals surface area contributed by atoms with Gasteiger partial charge in [-0.2, -0.15) is 0 Å². The zero-order valence-electron chi connectivity index (χ0n) is 11.5. The van der Waals surface area contributed by atoms with E-state index in [1.807, 2.05) is 6.08 Å². The van der Waals surface area contributed by atoms with Gasteiger partial charge < -0.3 is 10.6 Å². The van der Waals surface area contributed by atoms with Crippen molar-refractivity contribution < 1.29 is 0 Å². The van der Waals surface area contributed by atoms with Gasteiger partial charge >= 0.3 is 0 Å². The van der Waals surface area contributed by atoms with Crippen molar-refractivity contribution in [2.45, 2.75) is 64.8 Å². The number of hydrogen-bond donors (Lipinski definition) is 1. The van der Waals surface area contributed by atoms with Gasteiger partial charge in [0, 0.05) is 12.6 Å². The van der Waals surface area contributed by atoms with Crippen LogP contribution in [0.15, 0.2) is 12.7 Å². The van der Waals surface area contributed by atoms with Crippen LogP contribution in [0, 0.1) is 0 Å². The molecule has 0 rings (SSSR count). The number of unbranched alkanes of at least 4 members (excludes halogenated alkanes) is 3. The van der Waals surface area contributed by atoms with E-state index in [-0.39, 0.29) is 0 Å². The summed E-state index contributed by atoms with van der Waals surface area (Å²) in [5.41, 5.74) is 5.81. The maximum absolute atomic E-state index is 5.81. The van der Waals surface area contributed by atoms with Gasteiger partial charge in [-0.3, -0.25) is 0 Å². The standard InChI is InChI=1S/C14H28N2S/c1-4-7-9-11-13(10-8-5-2)16(12-6-3)14(15)17/h6,13H,3-5,7-12H2,1-2H3,(H2,15,17). The minimum absolute atomic E-state index is 0.497. The molecule has 1 atom stereocenters. The molecule has 17 heavy (non-hydrogen) atoms. The van der Waals surface area contributed by atoms with Gasteiger partial charge in [0.15, 0.2) is 5.11 Å². The Hall–Kier alpha value is -0.570. The van der Waals surface area contributed by atoms with E-state index in [4.69, 9.17) is 18.0 Å². The third-order valence-corrected chi connectivity index (χ3v) is 3.32. The van der Waals surface area contributed by atoms with Crippen molar-refractivity contribution >= 4 is 17.3 Å². The van der Waals surface area contributed by atoms with Gasteiger partial charge in [-0.05, 0) is 25.1 Å². The Bertz CT molecular complexity index is 216. The van der Waals surface area contributed by atoms with Crippen LogP contribution in [0.5, 0.6) is 0 Å². The fraction of sp³-hybridized carbons (Fsp3) is 0.786. The van der Waals surface area contributed by atoms with Gasteiger partial charge in [0.2, 0.25) is 0 Å². The predicted octanol–water partition coefficient (Wildman–Crippen LogP) is 3.86. The molecule has 0 aromatic carbocycles. The summed E-state index contributed by atoms with van der Waals surface area (Å²) in [6.07, 6.45) is 10.6. The summed E-state index contributed by atoms with van der Waals surface area (Å²) >= 11 is 5.14. The van der Waals surface area contributed by atoms with Crippen molar-refractivity contribution in [1.82, 2.24) is 4.90 Å². The Labute approximate surface area is 112 Å². The van der Waals surface area contributed by atoms with E-state index >= 15 is 0 Å². The van der Waals surface area contributed by atoms with E-state index in [0.717, 1.165) is 6.54 Å². The maximum Gasteiger partial charge on any atom is 0.166 e. The molecular formula is C14H28N2S. The molecule has 2 N–H and O–H groups in total. The largest absolute Gasteiger partial charge is 0.376 e. The van der Waals surface area contributed by atoms with E-state index in [0.29, 0.717) is 11.2 Å². The molecule has 0 aliphatic carbocycles. The lowest BCUT2D eigenvalue weighted by atomic mass is 10.0. The summed E-state index contributed by atoms with van der Waals surface area (Å²) in [7, 11) is 0. The zero-order valence-corrected chi connectivity index (χ0v) is 12.3. The van der Waals surface area contributed by atoms with Crippen molar-refractivity contribution in [2.24, 2.45) is 5.73 Å². The Morgan fingerprint density at radius 3 is 2.29 bits per heavy atom. The molecule has 0 radical (unpaired) electrons. The van der Waals surface area contributed by atoms with Crippen molar-refractivity contribution in [3.8, 4) is 0 Å². The minimum atomic E-state index is 0.497. The summed E-state index contributed by atoms with van der Waals surface area (Å²) in [6.45, 7) is 9.02. The highest BCUT2D eigenvalue weighted by Crippen LogP contribution is 2.16. The Morgan fingerprint density at radius 1 is 1.24 bits per heavy atom. The fourth-order valence-corrected chi connectivity index (χ4v) is 2.31. The number of nitrogens with two attached hydrogens (primary N) is 1. The molecule has 0 heterocycles. The summed E-state index contributed by atoms with van der Waals surface area (Å²) in [5.74, 6) is 0. The molecule has 2 nitrogen and oxygen atoms in total. The van der Waals surface area contributed by atoms with Crippen LogP contribution >= 0.6 is 12.2 Å². The molecule has 100 valence electrons. The average Bonchev–Trinajstić information content (AvgIpc) is 2.31. The van der Waals surface area contributed by atoms with Crippen LogP contribution in [0.1, 0.15) is 58.8 Å². The molecule has 1 unspecified atom stereocenters. The maximum atomic E-state index is 5.81. The second kappa shape index (κ2) is 10.6. The topological polar surface area (TPSA) is 29.3 Å². The van der Waals surface area contributed by atoms with Gasteiger partial charge in [0.1, 0.15) is 0 Å². The Kier molecular flexibility index (Phi) is 10.2. The minimum Gasteiger partial charge on any atom is -0.376 e. The molecule has 0 fully saturated rings. The van der Waals surface area contributed by atoms with E-state index in [1.165, 1.54) is 44.9 Å². The Morgan fingerprint density at radius 2 is 1.82 bits per heavy atom. The van der Waals surface area contributed by atoms with Gasteiger partial charge in [-0.1, -0.05) is 52.0 Å². The first-order valence-electron chi connectivity index (χ1n) is 6.84. The van der Waals surface area contributed by atoms with Crippen LogP contribution in [0.3, 0.4) is 0 Å². The van der Waals surface area contributed by atoms with Crippen LogP contribution in [-0.4, -0.2) is 22.6 Å². The van der Waals surface area contributed by atoms with Crippen molar-refractivity contribution in [1.29, 1.82) is 0 Å². The molecule has 0 aliphatic heterocycles. The number of nitrogens with zero attached hydrogens (tertiary/aromatic N) is 1. The molecule has 0 amide bonds. The predicted molar refractivity (Wildman–Crippen MR) is 81.1 cm³/mol. The lowest BCUT2D eigenvalue weighted by molar-refractivity contribution is 0.291. The third-order valence-electron chi connectivity index (χ3n) is 3.08. The molecule has 0 saturated carbocycles. The molecular weight excluding hydrogens is 228 g/mol.